The number of aryl methyl sites for hydroxylation is 2. The van der Waals surface area contributed by atoms with E-state index in [0.717, 1.165) is 16.5 Å². The second-order valence-electron chi connectivity index (χ2n) is 6.76. The van der Waals surface area contributed by atoms with Crippen molar-refractivity contribution < 1.29 is 9.21 Å². The van der Waals surface area contributed by atoms with Gasteiger partial charge < -0.3 is 4.42 Å². The highest BCUT2D eigenvalue weighted by Gasteiger charge is 2.25. The smallest absolute Gasteiger partial charge is 0.295 e. The Morgan fingerprint density at radius 1 is 1.07 bits per heavy atom. The predicted molar refractivity (Wildman–Crippen MR) is 112 cm³/mol. The average Bonchev–Trinajstić information content (AvgIpc) is 3.04. The summed E-state index contributed by atoms with van der Waals surface area (Å²) in [5, 5.41) is 1.45. The number of hydrogen-bond acceptors (Lipinski definition) is 3. The van der Waals surface area contributed by atoms with Gasteiger partial charge in [-0.15, -0.1) is 0 Å². The monoisotopic (exact) mass is 390 g/mol. The van der Waals surface area contributed by atoms with E-state index in [1.807, 2.05) is 62.4 Å². The SMILES string of the molecule is Cc1ccc(CN(C(=O)c2oc3ccc(Cl)cc3c2C)c2ccccn2)cc1. The van der Waals surface area contributed by atoms with Crippen molar-refractivity contribution >= 4 is 34.3 Å². The summed E-state index contributed by atoms with van der Waals surface area (Å²) in [6.07, 6.45) is 1.68. The number of carbonyl (C=O) groups is 1. The number of amides is 1. The summed E-state index contributed by atoms with van der Waals surface area (Å²) in [7, 11) is 0. The van der Waals surface area contributed by atoms with Crippen LogP contribution in [0.3, 0.4) is 0 Å². The van der Waals surface area contributed by atoms with Gasteiger partial charge in [0.25, 0.3) is 5.91 Å². The summed E-state index contributed by atoms with van der Waals surface area (Å²) in [5.74, 6) is 0.644. The van der Waals surface area contributed by atoms with Gasteiger partial charge in [0.15, 0.2) is 5.76 Å². The molecule has 4 rings (SSSR count). The number of furan rings is 1. The van der Waals surface area contributed by atoms with E-state index < -0.39 is 0 Å². The van der Waals surface area contributed by atoms with E-state index in [1.54, 1.807) is 23.2 Å². The highest BCUT2D eigenvalue weighted by Crippen LogP contribution is 2.30. The van der Waals surface area contributed by atoms with Crippen molar-refractivity contribution in [1.29, 1.82) is 0 Å². The minimum atomic E-state index is -0.232. The van der Waals surface area contributed by atoms with Gasteiger partial charge in [-0.3, -0.25) is 9.69 Å². The summed E-state index contributed by atoms with van der Waals surface area (Å²) < 4.78 is 5.90. The number of benzene rings is 2. The third-order valence-electron chi connectivity index (χ3n) is 4.72. The molecule has 0 aliphatic carbocycles. The topological polar surface area (TPSA) is 46.3 Å². The van der Waals surface area contributed by atoms with Gasteiger partial charge in [-0.25, -0.2) is 4.98 Å². The molecule has 0 fully saturated rings. The molecule has 0 atom stereocenters. The standard InChI is InChI=1S/C23H19ClN2O2/c1-15-6-8-17(9-7-15)14-26(21-5-3-4-12-25-21)23(27)22-16(2)19-13-18(24)10-11-20(19)28-22/h3-13H,14H2,1-2H3. The number of anilines is 1. The van der Waals surface area contributed by atoms with Crippen LogP contribution >= 0.6 is 11.6 Å². The first kappa shape index (κ1) is 18.3. The van der Waals surface area contributed by atoms with Gasteiger partial charge in [0, 0.05) is 22.2 Å². The van der Waals surface area contributed by atoms with Gasteiger partial charge in [-0.1, -0.05) is 47.5 Å². The fourth-order valence-corrected chi connectivity index (χ4v) is 3.34. The molecule has 0 aliphatic heterocycles. The fourth-order valence-electron chi connectivity index (χ4n) is 3.17. The second kappa shape index (κ2) is 7.49. The van der Waals surface area contributed by atoms with Gasteiger partial charge >= 0.3 is 0 Å². The van der Waals surface area contributed by atoms with Crippen molar-refractivity contribution in [3.05, 3.63) is 94.3 Å². The van der Waals surface area contributed by atoms with Crippen LogP contribution in [0.2, 0.25) is 5.02 Å². The summed E-state index contributed by atoms with van der Waals surface area (Å²) in [6.45, 7) is 4.31. The lowest BCUT2D eigenvalue weighted by Gasteiger charge is -2.21. The van der Waals surface area contributed by atoms with E-state index in [1.165, 1.54) is 5.56 Å². The Bertz CT molecular complexity index is 1130. The number of hydrogen-bond donors (Lipinski definition) is 0. The van der Waals surface area contributed by atoms with Crippen molar-refractivity contribution in [2.24, 2.45) is 0 Å². The Hall–Kier alpha value is -3.11. The maximum absolute atomic E-state index is 13.5. The van der Waals surface area contributed by atoms with E-state index >= 15 is 0 Å². The van der Waals surface area contributed by atoms with E-state index in [4.69, 9.17) is 16.0 Å². The van der Waals surface area contributed by atoms with Gasteiger partial charge in [0.2, 0.25) is 0 Å². The first-order valence-corrected chi connectivity index (χ1v) is 9.38. The van der Waals surface area contributed by atoms with Gasteiger partial charge in [-0.05, 0) is 49.7 Å². The maximum atomic E-state index is 13.5. The Balaban J connectivity index is 1.77. The number of aromatic nitrogens is 1. The normalized spacial score (nSPS) is 11.0. The zero-order chi connectivity index (χ0) is 19.7. The summed E-state index contributed by atoms with van der Waals surface area (Å²) in [6, 6.07) is 19.0. The zero-order valence-electron chi connectivity index (χ0n) is 15.6. The number of fused-ring (bicyclic) bond motifs is 1. The number of carbonyl (C=O) groups excluding carboxylic acids is 1. The molecule has 0 saturated carbocycles. The van der Waals surface area contributed by atoms with Crippen LogP contribution in [0.15, 0.2) is 71.3 Å². The lowest BCUT2D eigenvalue weighted by atomic mass is 10.1. The van der Waals surface area contributed by atoms with Gasteiger partial charge in [-0.2, -0.15) is 0 Å². The van der Waals surface area contributed by atoms with Gasteiger partial charge in [0.05, 0.1) is 6.54 Å². The maximum Gasteiger partial charge on any atom is 0.295 e. The Morgan fingerprint density at radius 2 is 1.86 bits per heavy atom. The van der Waals surface area contributed by atoms with E-state index in [-0.39, 0.29) is 5.91 Å². The highest BCUT2D eigenvalue weighted by molar-refractivity contribution is 6.31. The molecular formula is C23H19ClN2O2. The molecule has 4 nitrogen and oxygen atoms in total. The molecule has 140 valence electrons. The molecule has 4 aromatic rings. The number of nitrogens with zero attached hydrogens (tertiary/aromatic N) is 2. The molecule has 0 unspecified atom stereocenters. The minimum Gasteiger partial charge on any atom is -0.451 e. The summed E-state index contributed by atoms with van der Waals surface area (Å²) in [5.41, 5.74) is 3.60. The quantitative estimate of drug-likeness (QED) is 0.433. The molecular weight excluding hydrogens is 372 g/mol. The molecule has 5 heteroatoms. The largest absolute Gasteiger partial charge is 0.451 e. The molecule has 2 aromatic carbocycles. The predicted octanol–water partition coefficient (Wildman–Crippen LogP) is 5.95. The number of pyridine rings is 1. The summed E-state index contributed by atoms with van der Waals surface area (Å²) >= 11 is 6.11. The van der Waals surface area contributed by atoms with Crippen molar-refractivity contribution in [3.63, 3.8) is 0 Å². The second-order valence-corrected chi connectivity index (χ2v) is 7.20. The van der Waals surface area contributed by atoms with Crippen LogP contribution in [-0.2, 0) is 6.54 Å². The first-order chi connectivity index (χ1) is 13.5. The van der Waals surface area contributed by atoms with Crippen LogP contribution in [0, 0.1) is 13.8 Å². The highest BCUT2D eigenvalue weighted by atomic mass is 35.5. The molecule has 2 aromatic heterocycles. The number of rotatable bonds is 4. The first-order valence-electron chi connectivity index (χ1n) is 9.00. The molecule has 2 heterocycles. The van der Waals surface area contributed by atoms with Gasteiger partial charge in [0.1, 0.15) is 11.4 Å². The van der Waals surface area contributed by atoms with E-state index in [2.05, 4.69) is 4.98 Å². The molecule has 0 radical (unpaired) electrons. The lowest BCUT2D eigenvalue weighted by Crippen LogP contribution is -2.31. The van der Waals surface area contributed by atoms with Crippen LogP contribution in [-0.4, -0.2) is 10.9 Å². The van der Waals surface area contributed by atoms with Crippen LogP contribution in [0.1, 0.15) is 27.2 Å². The van der Waals surface area contributed by atoms with E-state index in [0.29, 0.717) is 28.7 Å². The molecule has 0 aliphatic rings. The molecule has 0 spiro atoms. The van der Waals surface area contributed by atoms with Crippen molar-refractivity contribution in [3.8, 4) is 0 Å². The lowest BCUT2D eigenvalue weighted by molar-refractivity contribution is 0.0959. The fraction of sp³-hybridized carbons (Fsp3) is 0.130. The Morgan fingerprint density at radius 3 is 2.57 bits per heavy atom. The Kier molecular flexibility index (Phi) is 4.88. The molecule has 0 bridgehead atoms. The van der Waals surface area contributed by atoms with Crippen molar-refractivity contribution in [1.82, 2.24) is 4.98 Å². The molecule has 28 heavy (non-hydrogen) atoms. The minimum absolute atomic E-state index is 0.232. The van der Waals surface area contributed by atoms with E-state index in [9.17, 15) is 4.79 Å². The molecule has 0 saturated heterocycles. The Labute approximate surface area is 168 Å². The average molecular weight is 391 g/mol. The van der Waals surface area contributed by atoms with Crippen molar-refractivity contribution in [2.45, 2.75) is 20.4 Å². The molecule has 1 amide bonds. The third kappa shape index (κ3) is 3.51. The number of halogens is 1. The zero-order valence-corrected chi connectivity index (χ0v) is 16.4. The van der Waals surface area contributed by atoms with Crippen molar-refractivity contribution in [2.75, 3.05) is 4.90 Å². The van der Waals surface area contributed by atoms with Crippen LogP contribution in [0.4, 0.5) is 5.82 Å². The third-order valence-corrected chi connectivity index (χ3v) is 4.96. The molecule has 0 N–H and O–H groups in total. The van der Waals surface area contributed by atoms with Crippen LogP contribution < -0.4 is 4.90 Å². The summed E-state index contributed by atoms with van der Waals surface area (Å²) in [4.78, 5) is 19.5. The van der Waals surface area contributed by atoms with Crippen LogP contribution in [0.25, 0.3) is 11.0 Å². The van der Waals surface area contributed by atoms with Crippen LogP contribution in [0.5, 0.6) is 0 Å².